The molecule has 0 saturated heterocycles. The van der Waals surface area contributed by atoms with Crippen molar-refractivity contribution in [3.63, 3.8) is 0 Å². The quantitative estimate of drug-likeness (QED) is 0.630. The Bertz CT molecular complexity index is 466. The summed E-state index contributed by atoms with van der Waals surface area (Å²) in [7, 11) is -1.06. The first-order valence-electron chi connectivity index (χ1n) is 7.06. The summed E-state index contributed by atoms with van der Waals surface area (Å²) in [5.41, 5.74) is 4.13. The van der Waals surface area contributed by atoms with Gasteiger partial charge in [-0.1, -0.05) is 0 Å². The second-order valence-electron chi connectivity index (χ2n) is 6.78. The Hall–Kier alpha value is -0.205. The molecule has 0 atom stereocenters. The molecular formula is C16H27MoNSi. The topological polar surface area (TPSA) is 12.4 Å². The Balaban J connectivity index is 3.34. The summed E-state index contributed by atoms with van der Waals surface area (Å²) in [5, 5.41) is 0. The second kappa shape index (κ2) is 6.99. The normalized spacial score (nSPS) is 11.8. The van der Waals surface area contributed by atoms with E-state index in [2.05, 4.69) is 69.6 Å². The molecule has 1 rings (SSSR count). The number of hydrogen-bond acceptors (Lipinski definition) is 1. The molecule has 1 nitrogen and oxygen atoms in total. The zero-order valence-corrected chi connectivity index (χ0v) is 16.3. The predicted molar refractivity (Wildman–Crippen MR) is 86.1 cm³/mol. The first-order valence-corrected chi connectivity index (χ1v) is 12.7. The Morgan fingerprint density at radius 2 is 1.47 bits per heavy atom. The van der Waals surface area contributed by atoms with Gasteiger partial charge in [0.05, 0.1) is 0 Å². The molecule has 0 spiro atoms. The van der Waals surface area contributed by atoms with Crippen molar-refractivity contribution < 1.29 is 17.9 Å². The van der Waals surface area contributed by atoms with E-state index in [-0.39, 0.29) is 17.9 Å². The standard InChI is InChI=1S/C12H17N.C4H10Si.Mo/c1-8(2)10-6-5-7-11(9(3)4)12(10)13;1-5(2,3)4;/h5-9H,1-4H3;1H,2-4H3;. The van der Waals surface area contributed by atoms with Gasteiger partial charge in [0.25, 0.3) is 0 Å². The van der Waals surface area contributed by atoms with Gasteiger partial charge in [-0.3, -0.25) is 0 Å². The van der Waals surface area contributed by atoms with Gasteiger partial charge in [-0.15, -0.1) is 0 Å². The third-order valence-corrected chi connectivity index (χ3v) is 10.4. The maximum atomic E-state index is 5.04. The van der Waals surface area contributed by atoms with Gasteiger partial charge >= 0.3 is 128 Å². The number of benzene rings is 1. The summed E-state index contributed by atoms with van der Waals surface area (Å²) in [6.07, 6.45) is 0. The van der Waals surface area contributed by atoms with Crippen molar-refractivity contribution in [2.45, 2.75) is 59.2 Å². The fourth-order valence-electron chi connectivity index (χ4n) is 1.85. The molecule has 0 bridgehead atoms. The molecule has 0 aliphatic rings. The Morgan fingerprint density at radius 3 is 1.84 bits per heavy atom. The van der Waals surface area contributed by atoms with Crippen LogP contribution in [0.4, 0.5) is 5.69 Å². The van der Waals surface area contributed by atoms with Crippen LogP contribution in [-0.2, 0) is 17.9 Å². The molecule has 0 fully saturated rings. The fraction of sp³-hybridized carbons (Fsp3) is 0.562. The minimum atomic E-state index is -1.06. The molecule has 1 aromatic rings. The molecule has 0 amide bonds. The minimum absolute atomic E-state index is 0.353. The van der Waals surface area contributed by atoms with Gasteiger partial charge in [-0.05, 0) is 0 Å². The molecular weight excluding hydrogens is 330 g/mol. The molecule has 0 radical (unpaired) electrons. The Morgan fingerprint density at radius 1 is 1.00 bits per heavy atom. The Labute approximate surface area is 127 Å². The van der Waals surface area contributed by atoms with Gasteiger partial charge in [0.15, 0.2) is 0 Å². The third kappa shape index (κ3) is 5.35. The van der Waals surface area contributed by atoms with E-state index in [1.54, 1.807) is 0 Å². The zero-order valence-electron chi connectivity index (χ0n) is 13.3. The summed E-state index contributed by atoms with van der Waals surface area (Å²) in [4.78, 5) is 0. The van der Waals surface area contributed by atoms with Crippen molar-refractivity contribution in [1.29, 1.82) is 0 Å². The number of nitrogens with zero attached hydrogens (tertiary/aromatic N) is 1. The van der Waals surface area contributed by atoms with E-state index in [9.17, 15) is 0 Å². The van der Waals surface area contributed by atoms with E-state index in [1.807, 2.05) is 0 Å². The van der Waals surface area contributed by atoms with Crippen molar-refractivity contribution in [2.75, 3.05) is 0 Å². The fourth-order valence-corrected chi connectivity index (χ4v) is 5.72. The first-order chi connectivity index (χ1) is 8.72. The van der Waals surface area contributed by atoms with E-state index in [4.69, 9.17) is 3.50 Å². The molecule has 0 aliphatic heterocycles. The number of rotatable bonds is 4. The molecule has 0 aliphatic carbocycles. The molecule has 0 heterocycles. The van der Waals surface area contributed by atoms with Crippen molar-refractivity contribution in [2.24, 2.45) is 3.50 Å². The summed E-state index contributed by atoms with van der Waals surface area (Å²) in [6.45, 7) is 16.2. The van der Waals surface area contributed by atoms with E-state index >= 15 is 0 Å². The Kier molecular flexibility index (Phi) is 6.20. The molecule has 0 aromatic heterocycles. The van der Waals surface area contributed by atoms with Gasteiger partial charge < -0.3 is 0 Å². The molecule has 0 saturated carbocycles. The summed E-state index contributed by atoms with van der Waals surface area (Å²) >= 11 is -0.353. The molecule has 1 aromatic carbocycles. The van der Waals surface area contributed by atoms with Gasteiger partial charge in [0.2, 0.25) is 0 Å². The van der Waals surface area contributed by atoms with Crippen molar-refractivity contribution in [3.05, 3.63) is 29.3 Å². The monoisotopic (exact) mass is 359 g/mol. The van der Waals surface area contributed by atoms with Crippen molar-refractivity contribution in [1.82, 2.24) is 0 Å². The van der Waals surface area contributed by atoms with Gasteiger partial charge in [-0.25, -0.2) is 0 Å². The third-order valence-electron chi connectivity index (χ3n) is 2.89. The average molecular weight is 357 g/mol. The van der Waals surface area contributed by atoms with E-state index in [0.717, 1.165) is 0 Å². The van der Waals surface area contributed by atoms with E-state index in [0.29, 0.717) is 11.8 Å². The van der Waals surface area contributed by atoms with Crippen LogP contribution < -0.4 is 0 Å². The molecule has 0 N–H and O–H groups in total. The van der Waals surface area contributed by atoms with Crippen LogP contribution in [0.3, 0.4) is 0 Å². The molecule has 3 heteroatoms. The van der Waals surface area contributed by atoms with E-state index < -0.39 is 8.07 Å². The van der Waals surface area contributed by atoms with Crippen LogP contribution in [0.25, 0.3) is 0 Å². The average Bonchev–Trinajstić information content (AvgIpc) is 2.26. The van der Waals surface area contributed by atoms with Gasteiger partial charge in [-0.2, -0.15) is 0 Å². The van der Waals surface area contributed by atoms with Crippen LogP contribution >= 0.6 is 0 Å². The maximum absolute atomic E-state index is 5.04. The van der Waals surface area contributed by atoms with Crippen LogP contribution in [-0.4, -0.2) is 12.1 Å². The first kappa shape index (κ1) is 16.8. The molecule has 0 unspecified atom stereocenters. The SMILES string of the molecule is CC(C)c1cccc(C(C)C)c1[N]=[Mo]=[CH][Si](C)(C)C. The van der Waals surface area contributed by atoms with Crippen LogP contribution in [0.1, 0.15) is 50.7 Å². The molecule has 19 heavy (non-hydrogen) atoms. The van der Waals surface area contributed by atoms with Gasteiger partial charge in [0.1, 0.15) is 0 Å². The van der Waals surface area contributed by atoms with Crippen LogP contribution in [0, 0.1) is 0 Å². The second-order valence-corrected chi connectivity index (χ2v) is 14.4. The van der Waals surface area contributed by atoms with Gasteiger partial charge in [0, 0.05) is 0 Å². The molecule has 106 valence electrons. The van der Waals surface area contributed by atoms with Crippen LogP contribution in [0.2, 0.25) is 19.6 Å². The number of hydrogen-bond donors (Lipinski definition) is 0. The van der Waals surface area contributed by atoms with Crippen molar-refractivity contribution in [3.8, 4) is 0 Å². The van der Waals surface area contributed by atoms with E-state index in [1.165, 1.54) is 16.8 Å². The zero-order chi connectivity index (χ0) is 14.6. The van der Waals surface area contributed by atoms with Crippen LogP contribution in [0.15, 0.2) is 21.7 Å². The predicted octanol–water partition coefficient (Wildman–Crippen LogP) is 5.51. The summed E-state index contributed by atoms with van der Waals surface area (Å²) in [6, 6.07) is 6.68. The summed E-state index contributed by atoms with van der Waals surface area (Å²) in [5.74, 6) is 1.11. The summed E-state index contributed by atoms with van der Waals surface area (Å²) < 4.78 is 7.60. The van der Waals surface area contributed by atoms with Crippen LogP contribution in [0.5, 0.6) is 0 Å². The van der Waals surface area contributed by atoms with Crippen molar-refractivity contribution >= 4 is 17.8 Å².